The molecule has 0 radical (unpaired) electrons. The SMILES string of the molecule is CC(N)c1cn(CC2CCC2)nn1. The minimum absolute atomic E-state index is 0.00450. The van der Waals surface area contributed by atoms with E-state index < -0.39 is 0 Å². The third kappa shape index (κ3) is 1.88. The number of nitrogens with two attached hydrogens (primary N) is 1. The van der Waals surface area contributed by atoms with Gasteiger partial charge in [-0.1, -0.05) is 11.6 Å². The Kier molecular flexibility index (Phi) is 2.31. The average molecular weight is 180 g/mol. The Bertz CT molecular complexity index is 275. The lowest BCUT2D eigenvalue weighted by molar-refractivity contribution is 0.264. The molecule has 4 heteroatoms. The molecular weight excluding hydrogens is 164 g/mol. The van der Waals surface area contributed by atoms with Crippen molar-refractivity contribution in [3.05, 3.63) is 11.9 Å². The van der Waals surface area contributed by atoms with Crippen LogP contribution in [0.1, 0.15) is 37.9 Å². The number of nitrogens with zero attached hydrogens (tertiary/aromatic N) is 3. The van der Waals surface area contributed by atoms with Crippen LogP contribution in [0.3, 0.4) is 0 Å². The summed E-state index contributed by atoms with van der Waals surface area (Å²) < 4.78 is 1.92. The van der Waals surface area contributed by atoms with Crippen molar-refractivity contribution in [1.82, 2.24) is 15.0 Å². The number of aromatic nitrogens is 3. The molecule has 1 atom stereocenters. The summed E-state index contributed by atoms with van der Waals surface area (Å²) in [4.78, 5) is 0. The molecule has 1 aromatic heterocycles. The number of rotatable bonds is 3. The van der Waals surface area contributed by atoms with Crippen molar-refractivity contribution in [2.75, 3.05) is 0 Å². The van der Waals surface area contributed by atoms with E-state index in [0.717, 1.165) is 18.2 Å². The van der Waals surface area contributed by atoms with Gasteiger partial charge in [0.1, 0.15) is 0 Å². The predicted molar refractivity (Wildman–Crippen MR) is 50.0 cm³/mol. The lowest BCUT2D eigenvalue weighted by atomic mass is 9.85. The molecule has 0 bridgehead atoms. The highest BCUT2D eigenvalue weighted by Gasteiger charge is 2.18. The van der Waals surface area contributed by atoms with Crippen LogP contribution in [-0.2, 0) is 6.54 Å². The zero-order valence-corrected chi connectivity index (χ0v) is 7.98. The Hall–Kier alpha value is -0.900. The van der Waals surface area contributed by atoms with Crippen molar-refractivity contribution < 1.29 is 0 Å². The van der Waals surface area contributed by atoms with Crippen molar-refractivity contribution in [3.8, 4) is 0 Å². The van der Waals surface area contributed by atoms with Gasteiger partial charge in [-0.2, -0.15) is 0 Å². The van der Waals surface area contributed by atoms with Crippen LogP contribution in [0.25, 0.3) is 0 Å². The van der Waals surface area contributed by atoms with E-state index in [1.54, 1.807) is 0 Å². The zero-order valence-electron chi connectivity index (χ0n) is 7.98. The molecular formula is C9H16N4. The number of hydrogen-bond donors (Lipinski definition) is 1. The second-order valence-corrected chi connectivity index (χ2v) is 3.95. The van der Waals surface area contributed by atoms with E-state index in [0.29, 0.717) is 0 Å². The van der Waals surface area contributed by atoms with Gasteiger partial charge in [-0.15, -0.1) is 5.10 Å². The quantitative estimate of drug-likeness (QED) is 0.757. The van der Waals surface area contributed by atoms with E-state index in [1.165, 1.54) is 19.3 Å². The van der Waals surface area contributed by atoms with E-state index >= 15 is 0 Å². The molecule has 0 aromatic carbocycles. The van der Waals surface area contributed by atoms with Crippen LogP contribution in [0, 0.1) is 5.92 Å². The van der Waals surface area contributed by atoms with Gasteiger partial charge in [0.05, 0.1) is 11.9 Å². The van der Waals surface area contributed by atoms with Gasteiger partial charge in [-0.25, -0.2) is 0 Å². The Labute approximate surface area is 78.1 Å². The third-order valence-electron chi connectivity index (χ3n) is 2.69. The molecule has 72 valence electrons. The van der Waals surface area contributed by atoms with E-state index in [4.69, 9.17) is 5.73 Å². The van der Waals surface area contributed by atoms with E-state index in [-0.39, 0.29) is 6.04 Å². The lowest BCUT2D eigenvalue weighted by Gasteiger charge is -2.24. The normalized spacial score (nSPS) is 19.8. The molecule has 2 N–H and O–H groups in total. The summed E-state index contributed by atoms with van der Waals surface area (Å²) in [6, 6.07) is -0.00450. The fourth-order valence-electron chi connectivity index (χ4n) is 1.55. The zero-order chi connectivity index (χ0) is 9.26. The van der Waals surface area contributed by atoms with Gasteiger partial charge in [-0.3, -0.25) is 4.68 Å². The Balaban J connectivity index is 1.96. The first-order chi connectivity index (χ1) is 6.25. The van der Waals surface area contributed by atoms with Gasteiger partial charge >= 0.3 is 0 Å². The van der Waals surface area contributed by atoms with Gasteiger partial charge in [0.25, 0.3) is 0 Å². The fraction of sp³-hybridized carbons (Fsp3) is 0.778. The topological polar surface area (TPSA) is 56.7 Å². The molecule has 1 aliphatic carbocycles. The third-order valence-corrected chi connectivity index (χ3v) is 2.69. The Morgan fingerprint density at radius 1 is 1.69 bits per heavy atom. The first-order valence-electron chi connectivity index (χ1n) is 4.91. The Morgan fingerprint density at radius 2 is 2.46 bits per heavy atom. The summed E-state index contributed by atoms with van der Waals surface area (Å²) in [7, 11) is 0. The first kappa shape index (κ1) is 8.69. The summed E-state index contributed by atoms with van der Waals surface area (Å²) in [5, 5.41) is 8.06. The molecule has 1 fully saturated rings. The molecule has 0 saturated heterocycles. The van der Waals surface area contributed by atoms with Crippen LogP contribution in [0.2, 0.25) is 0 Å². The predicted octanol–water partition coefficient (Wildman–Crippen LogP) is 1.10. The minimum atomic E-state index is -0.00450. The lowest BCUT2D eigenvalue weighted by Crippen LogP contribution is -2.18. The first-order valence-corrected chi connectivity index (χ1v) is 4.91. The van der Waals surface area contributed by atoms with E-state index in [2.05, 4.69) is 10.3 Å². The molecule has 0 aliphatic heterocycles. The molecule has 1 saturated carbocycles. The standard InChI is InChI=1S/C9H16N4/c1-7(10)9-6-13(12-11-9)5-8-3-2-4-8/h6-8H,2-5,10H2,1H3. The van der Waals surface area contributed by atoms with Crippen LogP contribution < -0.4 is 5.73 Å². The summed E-state index contributed by atoms with van der Waals surface area (Å²) in [5.74, 6) is 0.822. The van der Waals surface area contributed by atoms with E-state index in [9.17, 15) is 0 Å². The molecule has 1 heterocycles. The van der Waals surface area contributed by atoms with Crippen LogP contribution in [0.4, 0.5) is 0 Å². The second-order valence-electron chi connectivity index (χ2n) is 3.95. The summed E-state index contributed by atoms with van der Waals surface area (Å²) in [5.41, 5.74) is 6.58. The van der Waals surface area contributed by atoms with Crippen molar-refractivity contribution >= 4 is 0 Å². The average Bonchev–Trinajstić information content (AvgIpc) is 2.44. The maximum absolute atomic E-state index is 5.69. The van der Waals surface area contributed by atoms with Crippen LogP contribution >= 0.6 is 0 Å². The van der Waals surface area contributed by atoms with Crippen molar-refractivity contribution in [2.24, 2.45) is 11.7 Å². The largest absolute Gasteiger partial charge is 0.323 e. The van der Waals surface area contributed by atoms with Gasteiger partial charge in [0.2, 0.25) is 0 Å². The molecule has 4 nitrogen and oxygen atoms in total. The highest BCUT2D eigenvalue weighted by atomic mass is 15.4. The highest BCUT2D eigenvalue weighted by molar-refractivity contribution is 4.97. The summed E-state index contributed by atoms with van der Waals surface area (Å²) >= 11 is 0. The van der Waals surface area contributed by atoms with Crippen molar-refractivity contribution in [2.45, 2.75) is 38.8 Å². The van der Waals surface area contributed by atoms with Crippen molar-refractivity contribution in [1.29, 1.82) is 0 Å². The van der Waals surface area contributed by atoms with Gasteiger partial charge < -0.3 is 5.73 Å². The number of hydrogen-bond acceptors (Lipinski definition) is 3. The van der Waals surface area contributed by atoms with Crippen molar-refractivity contribution in [3.63, 3.8) is 0 Å². The van der Waals surface area contributed by atoms with Crippen LogP contribution in [-0.4, -0.2) is 15.0 Å². The molecule has 1 unspecified atom stereocenters. The molecule has 1 aliphatic rings. The molecule has 0 spiro atoms. The highest BCUT2D eigenvalue weighted by Crippen LogP contribution is 2.27. The van der Waals surface area contributed by atoms with Gasteiger partial charge in [-0.05, 0) is 25.7 Å². The molecule has 1 aromatic rings. The second kappa shape index (κ2) is 3.46. The molecule has 2 rings (SSSR count). The monoisotopic (exact) mass is 180 g/mol. The maximum Gasteiger partial charge on any atom is 0.0991 e. The molecule has 0 amide bonds. The fourth-order valence-corrected chi connectivity index (χ4v) is 1.55. The summed E-state index contributed by atoms with van der Waals surface area (Å²) in [6.07, 6.45) is 6.02. The van der Waals surface area contributed by atoms with Gasteiger partial charge in [0.15, 0.2) is 0 Å². The minimum Gasteiger partial charge on any atom is -0.323 e. The smallest absolute Gasteiger partial charge is 0.0991 e. The van der Waals surface area contributed by atoms with Crippen LogP contribution in [0.5, 0.6) is 0 Å². The molecule has 13 heavy (non-hydrogen) atoms. The summed E-state index contributed by atoms with van der Waals surface area (Å²) in [6.45, 7) is 2.94. The maximum atomic E-state index is 5.69. The van der Waals surface area contributed by atoms with Crippen LogP contribution in [0.15, 0.2) is 6.20 Å². The van der Waals surface area contributed by atoms with E-state index in [1.807, 2.05) is 17.8 Å². The Morgan fingerprint density at radius 3 is 2.92 bits per heavy atom. The van der Waals surface area contributed by atoms with Gasteiger partial charge in [0, 0.05) is 12.6 Å².